The minimum Gasteiger partial charge on any atom is -0.489 e. The summed E-state index contributed by atoms with van der Waals surface area (Å²) in [5.74, 6) is 1.17. The van der Waals surface area contributed by atoms with Crippen LogP contribution in [0.1, 0.15) is 36.4 Å². The Kier molecular flexibility index (Phi) is 7.68. The summed E-state index contributed by atoms with van der Waals surface area (Å²) in [7, 11) is 3.31. The highest BCUT2D eigenvalue weighted by Gasteiger charge is 2.28. The molecular weight excluding hydrogens is 384 g/mol. The molecule has 2 aromatic carbocycles. The molecule has 30 heavy (non-hydrogen) atoms. The molecule has 1 saturated carbocycles. The van der Waals surface area contributed by atoms with Gasteiger partial charge in [-0.25, -0.2) is 0 Å². The van der Waals surface area contributed by atoms with Crippen LogP contribution in [-0.2, 0) is 16.2 Å². The Morgan fingerprint density at radius 2 is 1.73 bits per heavy atom. The average Bonchev–Trinajstić information content (AvgIpc) is 3.60. The maximum atomic E-state index is 10.9. The van der Waals surface area contributed by atoms with Gasteiger partial charge < -0.3 is 24.7 Å². The van der Waals surface area contributed by atoms with Gasteiger partial charge in [0.15, 0.2) is 0 Å². The molecule has 1 atom stereocenters. The van der Waals surface area contributed by atoms with Gasteiger partial charge in [0, 0.05) is 12.0 Å². The number of ether oxygens (including phenoxy) is 2. The van der Waals surface area contributed by atoms with E-state index in [1.54, 1.807) is 14.2 Å². The number of hydrogen-bond donors (Lipinski definition) is 2. The minimum atomic E-state index is -0.836. The first-order valence-electron chi connectivity index (χ1n) is 10.0. The smallest absolute Gasteiger partial charge is 0.305 e. The fourth-order valence-electron chi connectivity index (χ4n) is 3.12. The van der Waals surface area contributed by atoms with Crippen molar-refractivity contribution in [2.45, 2.75) is 31.9 Å². The van der Waals surface area contributed by atoms with Gasteiger partial charge in [0.2, 0.25) is 0 Å². The zero-order valence-corrected chi connectivity index (χ0v) is 17.3. The Hall–Kier alpha value is -3.06. The Labute approximate surface area is 176 Å². The van der Waals surface area contributed by atoms with E-state index in [1.165, 1.54) is 0 Å². The normalized spacial score (nSPS) is 14.8. The van der Waals surface area contributed by atoms with Gasteiger partial charge in [-0.2, -0.15) is 0 Å². The molecule has 0 heterocycles. The van der Waals surface area contributed by atoms with Gasteiger partial charge in [0.1, 0.15) is 31.8 Å². The molecule has 1 fully saturated rings. The van der Waals surface area contributed by atoms with Gasteiger partial charge in [0.05, 0.1) is 12.1 Å². The predicted octanol–water partition coefficient (Wildman–Crippen LogP) is 3.79. The lowest BCUT2D eigenvalue weighted by molar-refractivity contribution is -0.137. The summed E-state index contributed by atoms with van der Waals surface area (Å²) in [6.45, 7) is 0.874. The Morgan fingerprint density at radius 3 is 2.30 bits per heavy atom. The summed E-state index contributed by atoms with van der Waals surface area (Å²) >= 11 is 0. The number of nitrogens with one attached hydrogen (secondary N) is 1. The molecular formula is C23H28N2O5. The van der Waals surface area contributed by atoms with E-state index in [1.807, 2.05) is 48.5 Å². The highest BCUT2D eigenvalue weighted by Crippen LogP contribution is 2.31. The quantitative estimate of drug-likeness (QED) is 0.407. The minimum absolute atomic E-state index is 0.0323. The second-order valence-corrected chi connectivity index (χ2v) is 7.27. The lowest BCUT2D eigenvalue weighted by atomic mass is 10.0. The van der Waals surface area contributed by atoms with Crippen LogP contribution < -0.4 is 14.8 Å². The van der Waals surface area contributed by atoms with E-state index in [-0.39, 0.29) is 12.5 Å². The first-order chi connectivity index (χ1) is 14.6. The number of carbonyl (C=O) groups is 1. The van der Waals surface area contributed by atoms with Crippen molar-refractivity contribution in [3.8, 4) is 11.5 Å². The lowest BCUT2D eigenvalue weighted by Crippen LogP contribution is -2.19. The monoisotopic (exact) mass is 412 g/mol. The Balaban J connectivity index is 1.48. The van der Waals surface area contributed by atoms with Crippen molar-refractivity contribution in [2.24, 2.45) is 11.1 Å². The lowest BCUT2D eigenvalue weighted by Gasteiger charge is -2.15. The molecule has 1 aliphatic carbocycles. The molecule has 2 aromatic rings. The molecule has 2 N–H and O–H groups in total. The molecule has 0 saturated heterocycles. The fourth-order valence-corrected chi connectivity index (χ4v) is 3.12. The molecule has 0 aliphatic heterocycles. The molecule has 0 aromatic heterocycles. The summed E-state index contributed by atoms with van der Waals surface area (Å²) in [6, 6.07) is 15.0. The summed E-state index contributed by atoms with van der Waals surface area (Å²) in [4.78, 5) is 15.8. The standard InChI is InChI=1S/C23H28N2O5/c1-24-21(13-23(26)27)17-7-11-20(12-8-17)29-14-16-3-9-19(10-4-16)30-15-22(25-28-2)18-5-6-18/h3-4,7-12,18,21,24H,5-6,13-15H2,1-2H3,(H,26,27)/b25-22+. The van der Waals surface area contributed by atoms with Gasteiger partial charge in [-0.1, -0.05) is 29.4 Å². The van der Waals surface area contributed by atoms with Crippen molar-refractivity contribution in [1.29, 1.82) is 0 Å². The number of carboxylic acid groups (broad SMARTS) is 1. The van der Waals surface area contributed by atoms with Crippen molar-refractivity contribution in [2.75, 3.05) is 20.8 Å². The number of aliphatic carboxylic acids is 1. The Bertz CT molecular complexity index is 845. The third-order valence-corrected chi connectivity index (χ3v) is 4.98. The van der Waals surface area contributed by atoms with E-state index in [0.29, 0.717) is 19.1 Å². The van der Waals surface area contributed by atoms with Gasteiger partial charge in [-0.05, 0) is 55.3 Å². The van der Waals surface area contributed by atoms with Crippen molar-refractivity contribution >= 4 is 11.7 Å². The van der Waals surface area contributed by atoms with Crippen LogP contribution >= 0.6 is 0 Å². The number of benzene rings is 2. The summed E-state index contributed by atoms with van der Waals surface area (Å²) < 4.78 is 11.7. The van der Waals surface area contributed by atoms with Crippen LogP contribution in [0, 0.1) is 5.92 Å². The van der Waals surface area contributed by atoms with Crippen LogP contribution in [-0.4, -0.2) is 37.6 Å². The largest absolute Gasteiger partial charge is 0.489 e. The van der Waals surface area contributed by atoms with E-state index in [4.69, 9.17) is 19.4 Å². The Morgan fingerprint density at radius 1 is 1.10 bits per heavy atom. The molecule has 0 radical (unpaired) electrons. The first-order valence-corrected chi connectivity index (χ1v) is 10.0. The molecule has 7 heteroatoms. The van der Waals surface area contributed by atoms with Crippen LogP contribution in [0.5, 0.6) is 11.5 Å². The maximum Gasteiger partial charge on any atom is 0.305 e. The zero-order valence-electron chi connectivity index (χ0n) is 17.3. The molecule has 0 amide bonds. The maximum absolute atomic E-state index is 10.9. The molecule has 7 nitrogen and oxygen atoms in total. The number of oxime groups is 1. The number of nitrogens with zero attached hydrogens (tertiary/aromatic N) is 1. The summed E-state index contributed by atoms with van der Waals surface area (Å²) in [5.41, 5.74) is 2.90. The summed E-state index contributed by atoms with van der Waals surface area (Å²) in [5, 5.41) is 16.1. The molecule has 1 aliphatic rings. The van der Waals surface area contributed by atoms with Crippen molar-refractivity contribution in [3.05, 3.63) is 59.7 Å². The number of rotatable bonds is 12. The zero-order chi connectivity index (χ0) is 21.3. The molecule has 3 rings (SSSR count). The first kappa shape index (κ1) is 21.6. The predicted molar refractivity (Wildman–Crippen MR) is 114 cm³/mol. The third-order valence-electron chi connectivity index (χ3n) is 4.98. The van der Waals surface area contributed by atoms with Crippen LogP contribution in [0.15, 0.2) is 53.7 Å². The molecule has 1 unspecified atom stereocenters. The second-order valence-electron chi connectivity index (χ2n) is 7.27. The van der Waals surface area contributed by atoms with E-state index < -0.39 is 5.97 Å². The number of hydrogen-bond acceptors (Lipinski definition) is 6. The highest BCUT2D eigenvalue weighted by molar-refractivity contribution is 5.89. The van der Waals surface area contributed by atoms with Crippen LogP contribution in [0.4, 0.5) is 0 Å². The molecule has 160 valence electrons. The third kappa shape index (κ3) is 6.49. The van der Waals surface area contributed by atoms with Gasteiger partial charge in [-0.3, -0.25) is 4.79 Å². The van der Waals surface area contributed by atoms with Crippen LogP contribution in [0.3, 0.4) is 0 Å². The van der Waals surface area contributed by atoms with E-state index >= 15 is 0 Å². The average molecular weight is 412 g/mol. The van der Waals surface area contributed by atoms with Crippen molar-refractivity contribution in [3.63, 3.8) is 0 Å². The SMILES string of the molecule is CNC(CC(=O)O)c1ccc(OCc2ccc(OC/C(=N\OC)C3CC3)cc2)cc1. The fraction of sp³-hybridized carbons (Fsp3) is 0.391. The number of carboxylic acids is 1. The van der Waals surface area contributed by atoms with Gasteiger partial charge >= 0.3 is 5.97 Å². The van der Waals surface area contributed by atoms with E-state index in [2.05, 4.69) is 10.5 Å². The van der Waals surface area contributed by atoms with Gasteiger partial charge in [0.25, 0.3) is 0 Å². The van der Waals surface area contributed by atoms with E-state index in [9.17, 15) is 4.79 Å². The van der Waals surface area contributed by atoms with Gasteiger partial charge in [-0.15, -0.1) is 0 Å². The molecule has 0 spiro atoms. The molecule has 0 bridgehead atoms. The van der Waals surface area contributed by atoms with Crippen LogP contribution in [0.2, 0.25) is 0 Å². The highest BCUT2D eigenvalue weighted by atomic mass is 16.6. The van der Waals surface area contributed by atoms with Crippen LogP contribution in [0.25, 0.3) is 0 Å². The second kappa shape index (κ2) is 10.6. The topological polar surface area (TPSA) is 89.4 Å². The van der Waals surface area contributed by atoms with Crippen molar-refractivity contribution < 1.29 is 24.2 Å². The van der Waals surface area contributed by atoms with E-state index in [0.717, 1.165) is 41.2 Å². The summed E-state index contributed by atoms with van der Waals surface area (Å²) in [6.07, 6.45) is 2.33. The van der Waals surface area contributed by atoms with Crippen molar-refractivity contribution in [1.82, 2.24) is 5.32 Å².